The minimum Gasteiger partial charge on any atom is -0.335 e. The summed E-state index contributed by atoms with van der Waals surface area (Å²) >= 11 is 0. The number of halogens is 1. The molecular weight excluding hydrogens is 267 g/mol. The summed E-state index contributed by atoms with van der Waals surface area (Å²) in [7, 11) is 0. The lowest BCUT2D eigenvalue weighted by Gasteiger charge is -2.28. The fourth-order valence-corrected chi connectivity index (χ4v) is 3.68. The monoisotopic (exact) mass is 290 g/mol. The highest BCUT2D eigenvalue weighted by Gasteiger charge is 2.36. The van der Waals surface area contributed by atoms with Gasteiger partial charge < -0.3 is 10.2 Å². The Kier molecular flexibility index (Phi) is 4.24. The summed E-state index contributed by atoms with van der Waals surface area (Å²) < 4.78 is 13.5. The predicted octanol–water partition coefficient (Wildman–Crippen LogP) is 2.88. The maximum atomic E-state index is 13.5. The van der Waals surface area contributed by atoms with Crippen LogP contribution in [-0.2, 0) is 4.79 Å². The molecule has 0 aliphatic carbocycles. The number of hydrogen-bond donors (Lipinski definition) is 1. The SMILES string of the molecule is CC1CCN(C(=O)CC2CCCN2)C1c1cccc(F)c1. The number of hydrogen-bond acceptors (Lipinski definition) is 2. The first kappa shape index (κ1) is 14.5. The van der Waals surface area contributed by atoms with Crippen molar-refractivity contribution >= 4 is 5.91 Å². The Morgan fingerprint density at radius 3 is 3.00 bits per heavy atom. The molecule has 3 atom stereocenters. The van der Waals surface area contributed by atoms with Crippen LogP contribution in [0.2, 0.25) is 0 Å². The Balaban J connectivity index is 1.75. The average molecular weight is 290 g/mol. The standard InChI is InChI=1S/C17H23FN2O/c1-12-7-9-20(16(21)11-15-6-3-8-19-15)17(12)13-4-2-5-14(18)10-13/h2,4-5,10,12,15,17,19H,3,6-9,11H2,1H3. The van der Waals surface area contributed by atoms with Crippen molar-refractivity contribution in [3.05, 3.63) is 35.6 Å². The molecule has 21 heavy (non-hydrogen) atoms. The summed E-state index contributed by atoms with van der Waals surface area (Å²) in [6.07, 6.45) is 3.80. The third kappa shape index (κ3) is 3.10. The predicted molar refractivity (Wildman–Crippen MR) is 80.3 cm³/mol. The molecule has 1 amide bonds. The van der Waals surface area contributed by atoms with E-state index in [1.807, 2.05) is 11.0 Å². The van der Waals surface area contributed by atoms with Crippen LogP contribution in [-0.4, -0.2) is 29.9 Å². The van der Waals surface area contributed by atoms with E-state index >= 15 is 0 Å². The Labute approximate surface area is 125 Å². The molecule has 1 aromatic rings. The molecule has 0 radical (unpaired) electrons. The number of carbonyl (C=O) groups is 1. The van der Waals surface area contributed by atoms with Crippen LogP contribution in [0.4, 0.5) is 4.39 Å². The van der Waals surface area contributed by atoms with Crippen molar-refractivity contribution in [2.45, 2.75) is 44.7 Å². The van der Waals surface area contributed by atoms with Crippen LogP contribution in [0.25, 0.3) is 0 Å². The highest BCUT2D eigenvalue weighted by molar-refractivity contribution is 5.77. The lowest BCUT2D eigenvalue weighted by molar-refractivity contribution is -0.133. The molecule has 1 aromatic carbocycles. The van der Waals surface area contributed by atoms with Crippen molar-refractivity contribution in [3.63, 3.8) is 0 Å². The molecule has 2 fully saturated rings. The summed E-state index contributed by atoms with van der Waals surface area (Å²) in [5.41, 5.74) is 0.924. The van der Waals surface area contributed by atoms with Crippen LogP contribution in [0.15, 0.2) is 24.3 Å². The second kappa shape index (κ2) is 6.14. The van der Waals surface area contributed by atoms with Gasteiger partial charge >= 0.3 is 0 Å². The van der Waals surface area contributed by atoms with E-state index in [9.17, 15) is 9.18 Å². The smallest absolute Gasteiger partial charge is 0.224 e. The molecule has 3 nitrogen and oxygen atoms in total. The molecule has 3 unspecified atom stereocenters. The average Bonchev–Trinajstić information content (AvgIpc) is 3.08. The van der Waals surface area contributed by atoms with E-state index in [0.717, 1.165) is 37.9 Å². The van der Waals surface area contributed by atoms with Gasteiger partial charge in [-0.2, -0.15) is 0 Å². The molecule has 2 aliphatic heterocycles. The second-order valence-corrected chi connectivity index (χ2v) is 6.35. The Bertz CT molecular complexity index is 513. The third-order valence-corrected chi connectivity index (χ3v) is 4.79. The summed E-state index contributed by atoms with van der Waals surface area (Å²) in [4.78, 5) is 14.6. The van der Waals surface area contributed by atoms with E-state index in [2.05, 4.69) is 12.2 Å². The molecule has 0 spiro atoms. The van der Waals surface area contributed by atoms with Gasteiger partial charge in [0.1, 0.15) is 5.82 Å². The minimum absolute atomic E-state index is 0.0228. The first-order valence-electron chi connectivity index (χ1n) is 7.93. The number of carbonyl (C=O) groups excluding carboxylic acids is 1. The molecule has 3 rings (SSSR count). The van der Waals surface area contributed by atoms with Gasteiger partial charge in [-0.05, 0) is 49.4 Å². The number of nitrogens with one attached hydrogen (secondary N) is 1. The highest BCUT2D eigenvalue weighted by Crippen LogP contribution is 2.37. The van der Waals surface area contributed by atoms with Crippen molar-refractivity contribution in [1.82, 2.24) is 10.2 Å². The van der Waals surface area contributed by atoms with Crippen LogP contribution >= 0.6 is 0 Å². The fourth-order valence-electron chi connectivity index (χ4n) is 3.68. The first-order valence-corrected chi connectivity index (χ1v) is 7.93. The summed E-state index contributed by atoms with van der Waals surface area (Å²) in [5, 5.41) is 3.38. The zero-order valence-electron chi connectivity index (χ0n) is 12.5. The van der Waals surface area contributed by atoms with Gasteiger partial charge in [-0.25, -0.2) is 4.39 Å². The van der Waals surface area contributed by atoms with Crippen LogP contribution in [0.1, 0.15) is 44.2 Å². The van der Waals surface area contributed by atoms with E-state index in [4.69, 9.17) is 0 Å². The van der Waals surface area contributed by atoms with Gasteiger partial charge in [0.15, 0.2) is 0 Å². The summed E-state index contributed by atoms with van der Waals surface area (Å²) in [6.45, 7) is 3.95. The lowest BCUT2D eigenvalue weighted by atomic mass is 9.95. The minimum atomic E-state index is -0.226. The maximum Gasteiger partial charge on any atom is 0.224 e. The number of amides is 1. The van der Waals surface area contributed by atoms with Gasteiger partial charge in [0.2, 0.25) is 5.91 Å². The van der Waals surface area contributed by atoms with Gasteiger partial charge in [0.05, 0.1) is 6.04 Å². The molecule has 4 heteroatoms. The van der Waals surface area contributed by atoms with Crippen molar-refractivity contribution in [2.75, 3.05) is 13.1 Å². The molecule has 114 valence electrons. The zero-order valence-corrected chi connectivity index (χ0v) is 12.5. The first-order chi connectivity index (χ1) is 10.1. The van der Waals surface area contributed by atoms with E-state index < -0.39 is 0 Å². The Morgan fingerprint density at radius 2 is 2.29 bits per heavy atom. The van der Waals surface area contributed by atoms with Crippen molar-refractivity contribution < 1.29 is 9.18 Å². The number of likely N-dealkylation sites (tertiary alicyclic amines) is 1. The Morgan fingerprint density at radius 1 is 1.43 bits per heavy atom. The van der Waals surface area contributed by atoms with Gasteiger partial charge in [-0.3, -0.25) is 4.79 Å². The van der Waals surface area contributed by atoms with E-state index in [-0.39, 0.29) is 17.8 Å². The van der Waals surface area contributed by atoms with Crippen LogP contribution in [0.3, 0.4) is 0 Å². The molecule has 2 heterocycles. The van der Waals surface area contributed by atoms with E-state index in [1.54, 1.807) is 12.1 Å². The fraction of sp³-hybridized carbons (Fsp3) is 0.588. The van der Waals surface area contributed by atoms with Crippen LogP contribution in [0.5, 0.6) is 0 Å². The van der Waals surface area contributed by atoms with Crippen molar-refractivity contribution in [1.29, 1.82) is 0 Å². The topological polar surface area (TPSA) is 32.3 Å². The summed E-state index contributed by atoms with van der Waals surface area (Å²) in [5.74, 6) is 0.358. The number of benzene rings is 1. The molecule has 2 aliphatic rings. The van der Waals surface area contributed by atoms with E-state index in [0.29, 0.717) is 18.4 Å². The van der Waals surface area contributed by atoms with Crippen molar-refractivity contribution in [2.24, 2.45) is 5.92 Å². The maximum absolute atomic E-state index is 13.5. The molecule has 2 saturated heterocycles. The molecule has 0 bridgehead atoms. The van der Waals surface area contributed by atoms with Gasteiger partial charge in [-0.15, -0.1) is 0 Å². The molecule has 0 aromatic heterocycles. The van der Waals surface area contributed by atoms with Gasteiger partial charge in [0.25, 0.3) is 0 Å². The third-order valence-electron chi connectivity index (χ3n) is 4.79. The second-order valence-electron chi connectivity index (χ2n) is 6.35. The van der Waals surface area contributed by atoms with E-state index in [1.165, 1.54) is 6.07 Å². The quantitative estimate of drug-likeness (QED) is 0.928. The number of nitrogens with zero attached hydrogens (tertiary/aromatic N) is 1. The van der Waals surface area contributed by atoms with Crippen LogP contribution in [0, 0.1) is 11.7 Å². The lowest BCUT2D eigenvalue weighted by Crippen LogP contribution is -2.36. The molecule has 1 N–H and O–H groups in total. The molecular formula is C17H23FN2O. The molecule has 0 saturated carbocycles. The normalized spacial score (nSPS) is 29.0. The number of rotatable bonds is 3. The highest BCUT2D eigenvalue weighted by atomic mass is 19.1. The summed E-state index contributed by atoms with van der Waals surface area (Å²) in [6, 6.07) is 7.04. The van der Waals surface area contributed by atoms with Crippen LogP contribution < -0.4 is 5.32 Å². The van der Waals surface area contributed by atoms with Gasteiger partial charge in [0, 0.05) is 19.0 Å². The largest absolute Gasteiger partial charge is 0.335 e. The van der Waals surface area contributed by atoms with Crippen molar-refractivity contribution in [3.8, 4) is 0 Å². The zero-order chi connectivity index (χ0) is 14.8. The Hall–Kier alpha value is -1.42. The van der Waals surface area contributed by atoms with Gasteiger partial charge in [-0.1, -0.05) is 19.1 Å².